The predicted molar refractivity (Wildman–Crippen MR) is 78.4 cm³/mol. The number of fused-ring (bicyclic) bond motifs is 1. The van der Waals surface area contributed by atoms with Gasteiger partial charge >= 0.3 is 0 Å². The molecule has 0 aromatic carbocycles. The Bertz CT molecular complexity index is 452. The molecule has 3 heteroatoms. The largest absolute Gasteiger partial charge is 0.448 e. The number of nitrogens with one attached hydrogen (secondary N) is 1. The average Bonchev–Trinajstić information content (AvgIpc) is 3.21. The smallest absolute Gasteiger partial charge is 0.181 e. The molecule has 3 fully saturated rings. The van der Waals surface area contributed by atoms with E-state index in [9.17, 15) is 0 Å². The molecule has 3 unspecified atom stereocenters. The first-order valence-electron chi connectivity index (χ1n) is 8.56. The van der Waals surface area contributed by atoms with Gasteiger partial charge in [-0.25, -0.2) is 4.98 Å². The molecule has 1 aromatic heterocycles. The number of hydrogen-bond acceptors (Lipinski definition) is 3. The molecule has 20 heavy (non-hydrogen) atoms. The summed E-state index contributed by atoms with van der Waals surface area (Å²) < 4.78 is 5.79. The molecular weight excluding hydrogens is 248 g/mol. The van der Waals surface area contributed by atoms with Crippen LogP contribution < -0.4 is 5.32 Å². The van der Waals surface area contributed by atoms with E-state index in [0.29, 0.717) is 5.92 Å². The van der Waals surface area contributed by atoms with Crippen LogP contribution in [0.4, 0.5) is 0 Å². The monoisotopic (exact) mass is 274 g/mol. The van der Waals surface area contributed by atoms with Crippen molar-refractivity contribution >= 4 is 0 Å². The first kappa shape index (κ1) is 12.9. The summed E-state index contributed by atoms with van der Waals surface area (Å²) in [5.41, 5.74) is 1.18. The zero-order valence-corrected chi connectivity index (χ0v) is 12.3. The topological polar surface area (TPSA) is 38.1 Å². The molecular formula is C17H26N2O. The fraction of sp³-hybridized carbons (Fsp3) is 0.824. The van der Waals surface area contributed by atoms with Gasteiger partial charge in [-0.3, -0.25) is 0 Å². The quantitative estimate of drug-likeness (QED) is 0.901. The molecule has 3 aliphatic rings. The van der Waals surface area contributed by atoms with Gasteiger partial charge in [0.25, 0.3) is 0 Å². The minimum Gasteiger partial charge on any atom is -0.448 e. The maximum Gasteiger partial charge on any atom is 0.181 e. The predicted octanol–water partition coefficient (Wildman–Crippen LogP) is 4.00. The molecule has 0 spiro atoms. The van der Waals surface area contributed by atoms with Crippen molar-refractivity contribution in [3.05, 3.63) is 17.8 Å². The molecule has 3 saturated carbocycles. The molecule has 3 aliphatic carbocycles. The first-order valence-corrected chi connectivity index (χ1v) is 8.56. The van der Waals surface area contributed by atoms with Crippen LogP contribution in [-0.4, -0.2) is 11.0 Å². The van der Waals surface area contributed by atoms with Gasteiger partial charge in [0.15, 0.2) is 6.39 Å². The van der Waals surface area contributed by atoms with E-state index in [1.54, 1.807) is 6.39 Å². The summed E-state index contributed by atoms with van der Waals surface area (Å²) in [4.78, 5) is 4.47. The molecule has 1 N–H and O–H groups in total. The van der Waals surface area contributed by atoms with Crippen LogP contribution in [0.15, 0.2) is 10.8 Å². The van der Waals surface area contributed by atoms with E-state index in [4.69, 9.17) is 4.42 Å². The lowest BCUT2D eigenvalue weighted by atomic mass is 9.67. The summed E-state index contributed by atoms with van der Waals surface area (Å²) in [6.07, 6.45) is 14.2. The lowest BCUT2D eigenvalue weighted by molar-refractivity contribution is 0.147. The van der Waals surface area contributed by atoms with Crippen molar-refractivity contribution in [2.45, 2.75) is 76.3 Å². The van der Waals surface area contributed by atoms with Crippen LogP contribution in [0.1, 0.15) is 75.2 Å². The first-order chi connectivity index (χ1) is 9.90. The van der Waals surface area contributed by atoms with E-state index in [-0.39, 0.29) is 0 Å². The third-order valence-electron chi connectivity index (χ3n) is 5.72. The molecule has 1 aromatic rings. The van der Waals surface area contributed by atoms with Gasteiger partial charge in [-0.05, 0) is 43.9 Å². The highest BCUT2D eigenvalue weighted by molar-refractivity contribution is 5.14. The van der Waals surface area contributed by atoms with E-state index in [2.05, 4.69) is 10.3 Å². The van der Waals surface area contributed by atoms with Gasteiger partial charge in [0.05, 0.1) is 5.69 Å². The second-order valence-electron chi connectivity index (χ2n) is 7.13. The molecule has 4 rings (SSSR count). The summed E-state index contributed by atoms with van der Waals surface area (Å²) >= 11 is 0. The molecule has 3 nitrogen and oxygen atoms in total. The molecule has 0 radical (unpaired) electrons. The zero-order valence-electron chi connectivity index (χ0n) is 12.3. The second kappa shape index (κ2) is 5.51. The van der Waals surface area contributed by atoms with E-state index in [1.807, 2.05) is 0 Å². The summed E-state index contributed by atoms with van der Waals surface area (Å²) in [7, 11) is 0. The fourth-order valence-electron chi connectivity index (χ4n) is 4.38. The van der Waals surface area contributed by atoms with Crippen molar-refractivity contribution in [3.8, 4) is 0 Å². The Morgan fingerprint density at radius 3 is 2.75 bits per heavy atom. The van der Waals surface area contributed by atoms with Crippen molar-refractivity contribution in [2.24, 2.45) is 11.8 Å². The van der Waals surface area contributed by atoms with Gasteiger partial charge in [0, 0.05) is 18.5 Å². The number of rotatable bonds is 4. The Morgan fingerprint density at radius 2 is 1.90 bits per heavy atom. The van der Waals surface area contributed by atoms with Gasteiger partial charge < -0.3 is 9.73 Å². The van der Waals surface area contributed by atoms with E-state index in [0.717, 1.165) is 24.4 Å². The summed E-state index contributed by atoms with van der Waals surface area (Å²) in [5, 5.41) is 3.57. The molecule has 0 aliphatic heterocycles. The van der Waals surface area contributed by atoms with Gasteiger partial charge in [0.1, 0.15) is 5.76 Å². The van der Waals surface area contributed by atoms with Crippen molar-refractivity contribution in [2.75, 3.05) is 0 Å². The van der Waals surface area contributed by atoms with Crippen LogP contribution >= 0.6 is 0 Å². The minimum atomic E-state index is 0.632. The lowest BCUT2D eigenvalue weighted by Crippen LogP contribution is -2.27. The SMILES string of the molecule is c1nc(CNC2CC2)c(C2CCC3CCCCC3C2)o1. The number of nitrogens with zero attached hydrogens (tertiary/aromatic N) is 1. The Kier molecular flexibility index (Phi) is 3.55. The fourth-order valence-corrected chi connectivity index (χ4v) is 4.38. The normalized spacial score (nSPS) is 33.9. The molecule has 3 atom stereocenters. The van der Waals surface area contributed by atoms with Crippen molar-refractivity contribution in [3.63, 3.8) is 0 Å². The van der Waals surface area contributed by atoms with Crippen molar-refractivity contribution in [1.82, 2.24) is 10.3 Å². The summed E-state index contributed by atoms with van der Waals surface area (Å²) in [6.45, 7) is 0.904. The van der Waals surface area contributed by atoms with Crippen LogP contribution in [0, 0.1) is 11.8 Å². The molecule has 0 amide bonds. The third-order valence-corrected chi connectivity index (χ3v) is 5.72. The number of oxazole rings is 1. The van der Waals surface area contributed by atoms with Crippen molar-refractivity contribution in [1.29, 1.82) is 0 Å². The molecule has 110 valence electrons. The minimum absolute atomic E-state index is 0.632. The lowest BCUT2D eigenvalue weighted by Gasteiger charge is -2.38. The summed E-state index contributed by atoms with van der Waals surface area (Å²) in [5.74, 6) is 3.79. The van der Waals surface area contributed by atoms with Crippen molar-refractivity contribution < 1.29 is 4.42 Å². The number of aromatic nitrogens is 1. The Labute approximate surface area is 121 Å². The van der Waals surface area contributed by atoms with Gasteiger partial charge in [-0.15, -0.1) is 0 Å². The summed E-state index contributed by atoms with van der Waals surface area (Å²) in [6, 6.07) is 0.744. The Morgan fingerprint density at radius 1 is 1.05 bits per heavy atom. The molecule has 0 bridgehead atoms. The highest BCUT2D eigenvalue weighted by Gasteiger charge is 2.35. The van der Waals surface area contributed by atoms with E-state index < -0.39 is 0 Å². The average molecular weight is 274 g/mol. The van der Waals surface area contributed by atoms with Crippen LogP contribution in [-0.2, 0) is 6.54 Å². The standard InChI is InChI=1S/C17H26N2O/c1-2-4-13-9-14(6-5-12(13)3-1)17-16(19-11-20-17)10-18-15-7-8-15/h11-15,18H,1-10H2. The maximum atomic E-state index is 5.79. The van der Waals surface area contributed by atoms with Crippen LogP contribution in [0.25, 0.3) is 0 Å². The van der Waals surface area contributed by atoms with Gasteiger partial charge in [-0.2, -0.15) is 0 Å². The highest BCUT2D eigenvalue weighted by Crippen LogP contribution is 2.46. The van der Waals surface area contributed by atoms with Gasteiger partial charge in [-0.1, -0.05) is 25.7 Å². The Balaban J connectivity index is 1.42. The molecule has 1 heterocycles. The van der Waals surface area contributed by atoms with Gasteiger partial charge in [0.2, 0.25) is 0 Å². The molecule has 0 saturated heterocycles. The highest BCUT2D eigenvalue weighted by atomic mass is 16.3. The van der Waals surface area contributed by atoms with Crippen LogP contribution in [0.3, 0.4) is 0 Å². The number of hydrogen-bond donors (Lipinski definition) is 1. The van der Waals surface area contributed by atoms with E-state index >= 15 is 0 Å². The zero-order chi connectivity index (χ0) is 13.4. The van der Waals surface area contributed by atoms with E-state index in [1.165, 1.54) is 69.2 Å². The van der Waals surface area contributed by atoms with Crippen LogP contribution in [0.2, 0.25) is 0 Å². The van der Waals surface area contributed by atoms with Crippen LogP contribution in [0.5, 0.6) is 0 Å². The Hall–Kier alpha value is -0.830. The third kappa shape index (κ3) is 2.65. The maximum absolute atomic E-state index is 5.79. The second-order valence-corrected chi connectivity index (χ2v) is 7.13.